The standard InChI is InChI=1S/C15H14F3NO2S/c16-15(17,18)12-6-4-5-11(9-12)14(10-19)22(20,21)13-7-2-1-3-8-13/h1-9,14H,10,19H2/p+1/t14-/m0/s1. The average molecular weight is 330 g/mol. The van der Waals surface area contributed by atoms with E-state index < -0.39 is 26.8 Å². The van der Waals surface area contributed by atoms with E-state index in [0.29, 0.717) is 0 Å². The molecule has 22 heavy (non-hydrogen) atoms. The lowest BCUT2D eigenvalue weighted by molar-refractivity contribution is -0.367. The Morgan fingerprint density at radius 1 is 1.00 bits per heavy atom. The SMILES string of the molecule is [NH3+]C[C@@H](c1cccc(C(F)(F)F)c1)S(=O)(=O)c1ccccc1. The van der Waals surface area contributed by atoms with Crippen LogP contribution in [0, 0.1) is 0 Å². The fourth-order valence-electron chi connectivity index (χ4n) is 2.19. The van der Waals surface area contributed by atoms with Gasteiger partial charge in [-0.3, -0.25) is 0 Å². The minimum atomic E-state index is -4.52. The third-order valence-electron chi connectivity index (χ3n) is 3.29. The van der Waals surface area contributed by atoms with Crippen LogP contribution in [0.3, 0.4) is 0 Å². The molecule has 0 aliphatic rings. The highest BCUT2D eigenvalue weighted by molar-refractivity contribution is 7.91. The smallest absolute Gasteiger partial charge is 0.356 e. The fourth-order valence-corrected chi connectivity index (χ4v) is 3.87. The molecule has 0 aromatic heterocycles. The molecule has 7 heteroatoms. The topological polar surface area (TPSA) is 61.8 Å². The van der Waals surface area contributed by atoms with Crippen molar-refractivity contribution in [2.75, 3.05) is 6.54 Å². The summed E-state index contributed by atoms with van der Waals surface area (Å²) in [6.45, 7) is -0.0570. The molecule has 2 rings (SSSR count). The lowest BCUT2D eigenvalue weighted by atomic mass is 10.1. The van der Waals surface area contributed by atoms with Crippen molar-refractivity contribution < 1.29 is 27.3 Å². The normalized spacial score (nSPS) is 13.8. The van der Waals surface area contributed by atoms with Gasteiger partial charge < -0.3 is 5.73 Å². The Bertz CT molecular complexity index is 743. The zero-order valence-corrected chi connectivity index (χ0v) is 12.4. The van der Waals surface area contributed by atoms with E-state index in [1.165, 1.54) is 24.3 Å². The van der Waals surface area contributed by atoms with Crippen molar-refractivity contribution in [2.45, 2.75) is 16.3 Å². The molecule has 0 bridgehead atoms. The summed E-state index contributed by atoms with van der Waals surface area (Å²) in [5.41, 5.74) is 2.81. The molecule has 0 radical (unpaired) electrons. The Balaban J connectivity index is 2.49. The Hall–Kier alpha value is -1.86. The van der Waals surface area contributed by atoms with Crippen molar-refractivity contribution in [3.8, 4) is 0 Å². The maximum Gasteiger partial charge on any atom is 0.416 e. The predicted molar refractivity (Wildman–Crippen MR) is 75.6 cm³/mol. The van der Waals surface area contributed by atoms with Crippen molar-refractivity contribution in [3.63, 3.8) is 0 Å². The summed E-state index contributed by atoms with van der Waals surface area (Å²) in [7, 11) is -3.80. The van der Waals surface area contributed by atoms with Gasteiger partial charge in [-0.1, -0.05) is 36.4 Å². The minimum Gasteiger partial charge on any atom is -0.356 e. The summed E-state index contributed by atoms with van der Waals surface area (Å²) < 4.78 is 63.6. The van der Waals surface area contributed by atoms with Gasteiger partial charge >= 0.3 is 6.18 Å². The predicted octanol–water partition coefficient (Wildman–Crippen LogP) is 2.46. The van der Waals surface area contributed by atoms with Crippen molar-refractivity contribution in [2.24, 2.45) is 0 Å². The first-order chi connectivity index (χ1) is 10.3. The molecule has 0 saturated heterocycles. The zero-order valence-electron chi connectivity index (χ0n) is 11.5. The highest BCUT2D eigenvalue weighted by atomic mass is 32.2. The summed E-state index contributed by atoms with van der Waals surface area (Å²) >= 11 is 0. The van der Waals surface area contributed by atoms with Crippen LogP contribution >= 0.6 is 0 Å². The molecule has 0 heterocycles. The second kappa shape index (κ2) is 6.10. The lowest BCUT2D eigenvalue weighted by Gasteiger charge is -2.16. The van der Waals surface area contributed by atoms with Crippen LogP contribution in [0.1, 0.15) is 16.4 Å². The highest BCUT2D eigenvalue weighted by Crippen LogP contribution is 2.33. The lowest BCUT2D eigenvalue weighted by Crippen LogP contribution is -2.54. The van der Waals surface area contributed by atoms with Crippen LogP contribution in [0.4, 0.5) is 13.2 Å². The van der Waals surface area contributed by atoms with Crippen LogP contribution < -0.4 is 5.73 Å². The Morgan fingerprint density at radius 3 is 2.18 bits per heavy atom. The van der Waals surface area contributed by atoms with Crippen molar-refractivity contribution in [1.82, 2.24) is 0 Å². The van der Waals surface area contributed by atoms with Gasteiger partial charge in [0.05, 0.1) is 17.0 Å². The average Bonchev–Trinajstić information content (AvgIpc) is 2.48. The van der Waals surface area contributed by atoms with Crippen molar-refractivity contribution in [1.29, 1.82) is 0 Å². The molecule has 1 atom stereocenters. The molecule has 0 spiro atoms. The number of benzene rings is 2. The summed E-state index contributed by atoms with van der Waals surface area (Å²) in [6.07, 6.45) is -4.52. The first-order valence-electron chi connectivity index (χ1n) is 6.52. The van der Waals surface area contributed by atoms with E-state index in [2.05, 4.69) is 5.73 Å². The van der Waals surface area contributed by atoms with E-state index in [9.17, 15) is 21.6 Å². The van der Waals surface area contributed by atoms with Gasteiger partial charge in [0.1, 0.15) is 5.25 Å². The van der Waals surface area contributed by atoms with Gasteiger partial charge in [-0.05, 0) is 23.8 Å². The van der Waals surface area contributed by atoms with E-state index in [1.807, 2.05) is 0 Å². The summed E-state index contributed by atoms with van der Waals surface area (Å²) in [6, 6.07) is 12.0. The largest absolute Gasteiger partial charge is 0.416 e. The molecule has 0 fully saturated rings. The summed E-state index contributed by atoms with van der Waals surface area (Å²) in [4.78, 5) is 0.0704. The number of hydrogen-bond donors (Lipinski definition) is 1. The maximum absolute atomic E-state index is 12.8. The van der Waals surface area contributed by atoms with Gasteiger partial charge in [-0.2, -0.15) is 13.2 Å². The fraction of sp³-hybridized carbons (Fsp3) is 0.200. The second-order valence-electron chi connectivity index (χ2n) is 4.76. The number of hydrogen-bond acceptors (Lipinski definition) is 2. The first-order valence-corrected chi connectivity index (χ1v) is 8.07. The third-order valence-corrected chi connectivity index (χ3v) is 5.48. The van der Waals surface area contributed by atoms with Gasteiger partial charge in [-0.25, -0.2) is 8.42 Å². The van der Waals surface area contributed by atoms with Crippen LogP contribution in [0.5, 0.6) is 0 Å². The molecule has 118 valence electrons. The quantitative estimate of drug-likeness (QED) is 0.936. The molecule has 3 N–H and O–H groups in total. The molecule has 0 aliphatic heterocycles. The minimum absolute atomic E-state index is 0.0570. The highest BCUT2D eigenvalue weighted by Gasteiger charge is 2.34. The Kier molecular flexibility index (Phi) is 4.58. The van der Waals surface area contributed by atoms with Crippen LogP contribution in [0.25, 0.3) is 0 Å². The molecule has 3 nitrogen and oxygen atoms in total. The molecule has 2 aromatic rings. The Labute approximate surface area is 126 Å². The van der Waals surface area contributed by atoms with Crippen molar-refractivity contribution >= 4 is 9.84 Å². The molecular formula is C15H15F3NO2S+. The van der Waals surface area contributed by atoms with Gasteiger partial charge in [0, 0.05) is 0 Å². The molecule has 0 aliphatic carbocycles. The second-order valence-corrected chi connectivity index (χ2v) is 6.89. The molecular weight excluding hydrogens is 315 g/mol. The van der Waals surface area contributed by atoms with E-state index in [1.54, 1.807) is 18.2 Å². The Morgan fingerprint density at radius 2 is 1.64 bits per heavy atom. The van der Waals surface area contributed by atoms with Gasteiger partial charge in [0.2, 0.25) is 0 Å². The van der Waals surface area contributed by atoms with Gasteiger partial charge in [0.15, 0.2) is 9.84 Å². The molecule has 0 saturated carbocycles. The van der Waals surface area contributed by atoms with E-state index in [4.69, 9.17) is 0 Å². The molecule has 0 unspecified atom stereocenters. The van der Waals surface area contributed by atoms with Gasteiger partial charge in [-0.15, -0.1) is 0 Å². The van der Waals surface area contributed by atoms with Crippen LogP contribution in [-0.4, -0.2) is 15.0 Å². The van der Waals surface area contributed by atoms with Crippen molar-refractivity contribution in [3.05, 3.63) is 65.7 Å². The molecule has 0 amide bonds. The number of alkyl halides is 3. The first kappa shape index (κ1) is 16.5. The number of halogens is 3. The van der Waals surface area contributed by atoms with Crippen LogP contribution in [0.2, 0.25) is 0 Å². The number of sulfone groups is 1. The maximum atomic E-state index is 12.8. The third kappa shape index (κ3) is 3.31. The monoisotopic (exact) mass is 330 g/mol. The zero-order chi connectivity index (χ0) is 16.4. The van der Waals surface area contributed by atoms with Gasteiger partial charge in [0.25, 0.3) is 0 Å². The van der Waals surface area contributed by atoms with Crippen LogP contribution in [-0.2, 0) is 16.0 Å². The van der Waals surface area contributed by atoms with E-state index in [-0.39, 0.29) is 17.0 Å². The van der Waals surface area contributed by atoms with E-state index in [0.717, 1.165) is 12.1 Å². The van der Waals surface area contributed by atoms with E-state index >= 15 is 0 Å². The summed E-state index contributed by atoms with van der Waals surface area (Å²) in [5, 5.41) is -1.11. The number of quaternary nitrogens is 1. The number of rotatable bonds is 4. The summed E-state index contributed by atoms with van der Waals surface area (Å²) in [5.74, 6) is 0. The molecule has 2 aromatic carbocycles. The van der Waals surface area contributed by atoms with Crippen LogP contribution in [0.15, 0.2) is 59.5 Å².